The highest BCUT2D eigenvalue weighted by molar-refractivity contribution is 9.10. The van der Waals surface area contributed by atoms with Gasteiger partial charge in [-0.25, -0.2) is 4.79 Å². The van der Waals surface area contributed by atoms with E-state index in [2.05, 4.69) is 21.2 Å². The maximum Gasteiger partial charge on any atom is 0.335 e. The van der Waals surface area contributed by atoms with Gasteiger partial charge in [0, 0.05) is 16.6 Å². The van der Waals surface area contributed by atoms with E-state index in [9.17, 15) is 9.59 Å². The van der Waals surface area contributed by atoms with E-state index in [-0.39, 0.29) is 11.5 Å². The van der Waals surface area contributed by atoms with Gasteiger partial charge < -0.3 is 10.4 Å². The summed E-state index contributed by atoms with van der Waals surface area (Å²) in [5, 5.41) is 11.6. The van der Waals surface area contributed by atoms with Crippen LogP contribution in [-0.2, 0) is 0 Å². The van der Waals surface area contributed by atoms with Gasteiger partial charge >= 0.3 is 5.97 Å². The largest absolute Gasteiger partial charge is 0.478 e. The highest BCUT2D eigenvalue weighted by atomic mass is 79.9. The van der Waals surface area contributed by atoms with Crippen LogP contribution in [-0.4, -0.2) is 23.5 Å². The van der Waals surface area contributed by atoms with Crippen LogP contribution in [0, 0.1) is 5.92 Å². The average Bonchev–Trinajstić information content (AvgIpc) is 2.24. The molecule has 4 nitrogen and oxygen atoms in total. The van der Waals surface area contributed by atoms with Crippen LogP contribution in [0.1, 0.15) is 34.6 Å². The van der Waals surface area contributed by atoms with Crippen LogP contribution < -0.4 is 5.32 Å². The maximum absolute atomic E-state index is 11.8. The van der Waals surface area contributed by atoms with Crippen molar-refractivity contribution in [3.63, 3.8) is 0 Å². The molecule has 0 bridgehead atoms. The van der Waals surface area contributed by atoms with Gasteiger partial charge in [0.15, 0.2) is 0 Å². The Kier molecular flexibility index (Phi) is 4.69. The summed E-state index contributed by atoms with van der Waals surface area (Å²) in [6.07, 6.45) is 0. The predicted octanol–water partition coefficient (Wildman–Crippen LogP) is 2.53. The van der Waals surface area contributed by atoms with E-state index in [0.29, 0.717) is 22.5 Å². The predicted molar refractivity (Wildman–Crippen MR) is 68.3 cm³/mol. The second-order valence-electron chi connectivity index (χ2n) is 4.14. The van der Waals surface area contributed by atoms with Crippen molar-refractivity contribution < 1.29 is 14.7 Å². The zero-order valence-electron chi connectivity index (χ0n) is 9.66. The molecule has 0 aliphatic carbocycles. The van der Waals surface area contributed by atoms with Gasteiger partial charge in [-0.1, -0.05) is 29.8 Å². The van der Waals surface area contributed by atoms with Gasteiger partial charge in [-0.05, 0) is 24.1 Å². The quantitative estimate of drug-likeness (QED) is 0.898. The molecule has 17 heavy (non-hydrogen) atoms. The molecule has 0 aliphatic rings. The number of hydrogen-bond donors (Lipinski definition) is 2. The van der Waals surface area contributed by atoms with Gasteiger partial charge in [-0.2, -0.15) is 0 Å². The second kappa shape index (κ2) is 5.82. The Balaban J connectivity index is 2.90. The molecule has 0 aliphatic heterocycles. The molecule has 0 saturated heterocycles. The molecule has 2 N–H and O–H groups in total. The number of amides is 1. The molecule has 5 heteroatoms. The van der Waals surface area contributed by atoms with E-state index in [4.69, 9.17) is 5.11 Å². The zero-order chi connectivity index (χ0) is 13.0. The summed E-state index contributed by atoms with van der Waals surface area (Å²) in [5.41, 5.74) is 0.437. The van der Waals surface area contributed by atoms with Crippen LogP contribution >= 0.6 is 15.9 Å². The van der Waals surface area contributed by atoms with Crippen molar-refractivity contribution in [2.24, 2.45) is 5.92 Å². The number of rotatable bonds is 4. The van der Waals surface area contributed by atoms with Crippen molar-refractivity contribution in [3.05, 3.63) is 33.8 Å². The Bertz CT molecular complexity index is 443. The Morgan fingerprint density at radius 2 is 1.88 bits per heavy atom. The number of carbonyl (C=O) groups is 2. The summed E-state index contributed by atoms with van der Waals surface area (Å²) < 4.78 is 0.576. The Morgan fingerprint density at radius 3 is 2.41 bits per heavy atom. The lowest BCUT2D eigenvalue weighted by atomic mass is 10.1. The molecule has 0 saturated carbocycles. The summed E-state index contributed by atoms with van der Waals surface area (Å²) in [7, 11) is 0. The normalized spacial score (nSPS) is 10.4. The highest BCUT2D eigenvalue weighted by Crippen LogP contribution is 2.16. The molecule has 0 heterocycles. The minimum Gasteiger partial charge on any atom is -0.478 e. The summed E-state index contributed by atoms with van der Waals surface area (Å²) in [6, 6.07) is 4.42. The molecule has 0 spiro atoms. The van der Waals surface area contributed by atoms with Crippen LogP contribution in [0.2, 0.25) is 0 Å². The number of halogens is 1. The highest BCUT2D eigenvalue weighted by Gasteiger charge is 2.11. The molecule has 0 unspecified atom stereocenters. The third-order valence-corrected chi connectivity index (χ3v) is 2.54. The molecule has 0 aromatic heterocycles. The monoisotopic (exact) mass is 299 g/mol. The lowest BCUT2D eigenvalue weighted by Crippen LogP contribution is -2.27. The molecule has 92 valence electrons. The first kappa shape index (κ1) is 13.7. The summed E-state index contributed by atoms with van der Waals surface area (Å²) in [4.78, 5) is 22.6. The number of carboxylic acids is 1. The molecule has 0 radical (unpaired) electrons. The molecule has 1 aromatic carbocycles. The maximum atomic E-state index is 11.8. The van der Waals surface area contributed by atoms with Crippen molar-refractivity contribution in [1.29, 1.82) is 0 Å². The topological polar surface area (TPSA) is 66.4 Å². The van der Waals surface area contributed by atoms with E-state index < -0.39 is 5.97 Å². The van der Waals surface area contributed by atoms with Crippen molar-refractivity contribution in [3.8, 4) is 0 Å². The minimum atomic E-state index is -1.05. The summed E-state index contributed by atoms with van der Waals surface area (Å²) >= 11 is 3.19. The van der Waals surface area contributed by atoms with Gasteiger partial charge in [0.05, 0.1) is 5.56 Å². The van der Waals surface area contributed by atoms with E-state index in [1.165, 1.54) is 12.1 Å². The molecular weight excluding hydrogens is 286 g/mol. The first-order valence-electron chi connectivity index (χ1n) is 5.22. The molecule has 1 rings (SSSR count). The van der Waals surface area contributed by atoms with Crippen molar-refractivity contribution in [2.75, 3.05) is 6.54 Å². The number of carboxylic acid groups (broad SMARTS) is 1. The number of hydrogen-bond acceptors (Lipinski definition) is 2. The lowest BCUT2D eigenvalue weighted by molar-refractivity contribution is 0.0697. The number of aromatic carboxylic acids is 1. The number of carbonyl (C=O) groups excluding carboxylic acids is 1. The lowest BCUT2D eigenvalue weighted by Gasteiger charge is -2.08. The Hall–Kier alpha value is -1.36. The van der Waals surface area contributed by atoms with Crippen LogP contribution in [0.3, 0.4) is 0 Å². The van der Waals surface area contributed by atoms with Gasteiger partial charge in [0.2, 0.25) is 0 Å². The Labute approximate surface area is 108 Å². The van der Waals surface area contributed by atoms with Crippen LogP contribution in [0.25, 0.3) is 0 Å². The zero-order valence-corrected chi connectivity index (χ0v) is 11.2. The molecule has 0 atom stereocenters. The summed E-state index contributed by atoms with van der Waals surface area (Å²) in [5.74, 6) is -0.961. The molecule has 1 aromatic rings. The van der Waals surface area contributed by atoms with Crippen LogP contribution in [0.15, 0.2) is 22.7 Å². The fourth-order valence-corrected chi connectivity index (χ4v) is 1.74. The van der Waals surface area contributed by atoms with E-state index in [1.54, 1.807) is 6.07 Å². The van der Waals surface area contributed by atoms with Crippen molar-refractivity contribution in [1.82, 2.24) is 5.32 Å². The van der Waals surface area contributed by atoms with Crippen LogP contribution in [0.5, 0.6) is 0 Å². The third kappa shape index (κ3) is 4.19. The SMILES string of the molecule is CC(C)CNC(=O)c1cc(Br)cc(C(=O)O)c1. The third-order valence-electron chi connectivity index (χ3n) is 2.08. The minimum absolute atomic E-state index is 0.0917. The van der Waals surface area contributed by atoms with E-state index in [1.807, 2.05) is 13.8 Å². The molecular formula is C12H14BrNO3. The van der Waals surface area contributed by atoms with Crippen molar-refractivity contribution >= 4 is 27.8 Å². The second-order valence-corrected chi connectivity index (χ2v) is 5.05. The first-order chi connectivity index (χ1) is 7.90. The summed E-state index contributed by atoms with van der Waals surface area (Å²) in [6.45, 7) is 4.54. The molecule has 0 fully saturated rings. The fourth-order valence-electron chi connectivity index (χ4n) is 1.24. The Morgan fingerprint density at radius 1 is 1.29 bits per heavy atom. The standard InChI is InChI=1S/C12H14BrNO3/c1-7(2)6-14-11(15)8-3-9(12(16)17)5-10(13)4-8/h3-5,7H,6H2,1-2H3,(H,14,15)(H,16,17). The fraction of sp³-hybridized carbons (Fsp3) is 0.333. The van der Waals surface area contributed by atoms with E-state index in [0.717, 1.165) is 0 Å². The smallest absolute Gasteiger partial charge is 0.335 e. The van der Waals surface area contributed by atoms with Gasteiger partial charge in [0.1, 0.15) is 0 Å². The molecule has 1 amide bonds. The van der Waals surface area contributed by atoms with Crippen LogP contribution in [0.4, 0.5) is 0 Å². The van der Waals surface area contributed by atoms with Gasteiger partial charge in [-0.15, -0.1) is 0 Å². The van der Waals surface area contributed by atoms with Gasteiger partial charge in [-0.3, -0.25) is 4.79 Å². The van der Waals surface area contributed by atoms with Gasteiger partial charge in [0.25, 0.3) is 5.91 Å². The first-order valence-corrected chi connectivity index (χ1v) is 6.01. The number of benzene rings is 1. The van der Waals surface area contributed by atoms with E-state index >= 15 is 0 Å². The average molecular weight is 300 g/mol. The van der Waals surface area contributed by atoms with Crippen molar-refractivity contribution in [2.45, 2.75) is 13.8 Å². The number of nitrogens with one attached hydrogen (secondary N) is 1.